The highest BCUT2D eigenvalue weighted by Gasteiger charge is 2.10. The summed E-state index contributed by atoms with van der Waals surface area (Å²) in [5.74, 6) is 0.429. The Kier molecular flexibility index (Phi) is 4.16. The summed E-state index contributed by atoms with van der Waals surface area (Å²) in [6, 6.07) is 9.15. The van der Waals surface area contributed by atoms with E-state index in [9.17, 15) is 0 Å². The number of nitriles is 1. The lowest BCUT2D eigenvalue weighted by Crippen LogP contribution is -1.96. The van der Waals surface area contributed by atoms with Gasteiger partial charge in [-0.15, -0.1) is 0 Å². The smallest absolute Gasteiger partial charge is 0.176 e. The maximum atomic E-state index is 9.04. The van der Waals surface area contributed by atoms with Crippen LogP contribution in [0.5, 0.6) is 0 Å². The Balaban J connectivity index is 2.43. The number of nitrogens with zero attached hydrogens (tertiary/aromatic N) is 4. The lowest BCUT2D eigenvalue weighted by Gasteiger charge is -2.04. The standard InChI is InChI=1S/C13H11ClN4O/c1-2-19-9-16-13-10(7-15)8-17-18(13)12-5-3-11(14)4-6-12/h3-6,8-9H,2H2,1H3/b16-9+. The van der Waals surface area contributed by atoms with Gasteiger partial charge >= 0.3 is 0 Å². The molecule has 0 N–H and O–H groups in total. The molecule has 0 saturated carbocycles. The molecule has 1 aromatic heterocycles. The van der Waals surface area contributed by atoms with Crippen LogP contribution in [0.4, 0.5) is 5.82 Å². The SMILES string of the molecule is CCO/C=N/c1c(C#N)cnn1-c1ccc(Cl)cc1. The minimum atomic E-state index is 0.380. The van der Waals surface area contributed by atoms with Gasteiger partial charge in [-0.3, -0.25) is 0 Å². The Morgan fingerprint density at radius 2 is 2.21 bits per heavy atom. The van der Waals surface area contributed by atoms with E-state index in [0.717, 1.165) is 5.69 Å². The third kappa shape index (κ3) is 2.92. The molecule has 6 heteroatoms. The Bertz CT molecular complexity index is 625. The van der Waals surface area contributed by atoms with Gasteiger partial charge in [-0.1, -0.05) is 11.6 Å². The molecule has 0 aliphatic rings. The number of hydrogen-bond acceptors (Lipinski definition) is 4. The monoisotopic (exact) mass is 274 g/mol. The van der Waals surface area contributed by atoms with Crippen molar-refractivity contribution >= 4 is 23.8 Å². The molecule has 0 unspecified atom stereocenters. The van der Waals surface area contributed by atoms with E-state index in [4.69, 9.17) is 21.6 Å². The predicted molar refractivity (Wildman–Crippen MR) is 73.1 cm³/mol. The van der Waals surface area contributed by atoms with Gasteiger partial charge in [-0.25, -0.2) is 4.68 Å². The molecule has 2 aromatic rings. The largest absolute Gasteiger partial charge is 0.483 e. The maximum Gasteiger partial charge on any atom is 0.176 e. The number of halogens is 1. The molecule has 0 aliphatic heterocycles. The van der Waals surface area contributed by atoms with Gasteiger partial charge in [0, 0.05) is 5.02 Å². The van der Waals surface area contributed by atoms with Crippen molar-refractivity contribution in [3.63, 3.8) is 0 Å². The second-order valence-electron chi connectivity index (χ2n) is 3.57. The van der Waals surface area contributed by atoms with E-state index in [2.05, 4.69) is 10.1 Å². The van der Waals surface area contributed by atoms with Gasteiger partial charge in [0.25, 0.3) is 0 Å². The van der Waals surface area contributed by atoms with E-state index in [1.807, 2.05) is 13.0 Å². The van der Waals surface area contributed by atoms with Crippen LogP contribution in [0.3, 0.4) is 0 Å². The van der Waals surface area contributed by atoms with Crippen LogP contribution in [0.25, 0.3) is 5.69 Å². The van der Waals surface area contributed by atoms with Gasteiger partial charge in [0.2, 0.25) is 0 Å². The highest BCUT2D eigenvalue weighted by Crippen LogP contribution is 2.23. The van der Waals surface area contributed by atoms with Gasteiger partial charge < -0.3 is 4.74 Å². The molecule has 0 atom stereocenters. The van der Waals surface area contributed by atoms with E-state index >= 15 is 0 Å². The first-order valence-corrected chi connectivity index (χ1v) is 6.02. The minimum Gasteiger partial charge on any atom is -0.483 e. The minimum absolute atomic E-state index is 0.380. The molecule has 0 fully saturated rings. The van der Waals surface area contributed by atoms with Gasteiger partial charge in [0.15, 0.2) is 12.2 Å². The lowest BCUT2D eigenvalue weighted by atomic mass is 10.3. The number of benzene rings is 1. The van der Waals surface area contributed by atoms with Crippen molar-refractivity contribution in [2.45, 2.75) is 6.92 Å². The van der Waals surface area contributed by atoms with Gasteiger partial charge in [-0.2, -0.15) is 15.4 Å². The van der Waals surface area contributed by atoms with Gasteiger partial charge in [0.05, 0.1) is 18.5 Å². The van der Waals surface area contributed by atoms with Crippen molar-refractivity contribution in [2.75, 3.05) is 6.61 Å². The first-order chi connectivity index (χ1) is 9.26. The zero-order chi connectivity index (χ0) is 13.7. The van der Waals surface area contributed by atoms with Crippen LogP contribution in [0.1, 0.15) is 12.5 Å². The van der Waals surface area contributed by atoms with E-state index in [1.165, 1.54) is 12.6 Å². The Morgan fingerprint density at radius 3 is 2.84 bits per heavy atom. The van der Waals surface area contributed by atoms with Crippen LogP contribution in [-0.4, -0.2) is 22.8 Å². The van der Waals surface area contributed by atoms with Crippen molar-refractivity contribution in [3.05, 3.63) is 41.0 Å². The Hall–Kier alpha value is -2.32. The molecule has 5 nitrogen and oxygen atoms in total. The van der Waals surface area contributed by atoms with Crippen LogP contribution in [-0.2, 0) is 4.74 Å². The fourth-order valence-electron chi connectivity index (χ4n) is 1.48. The van der Waals surface area contributed by atoms with E-state index < -0.39 is 0 Å². The second kappa shape index (κ2) is 6.03. The molecule has 0 saturated heterocycles. The zero-order valence-electron chi connectivity index (χ0n) is 10.2. The summed E-state index contributed by atoms with van der Waals surface area (Å²) in [5.41, 5.74) is 1.15. The molecule has 2 rings (SSSR count). The highest BCUT2D eigenvalue weighted by molar-refractivity contribution is 6.30. The van der Waals surface area contributed by atoms with Crippen molar-refractivity contribution in [3.8, 4) is 11.8 Å². The number of rotatable bonds is 4. The van der Waals surface area contributed by atoms with Crippen LogP contribution in [0.2, 0.25) is 5.02 Å². The molecule has 0 radical (unpaired) electrons. The van der Waals surface area contributed by atoms with Crippen molar-refractivity contribution in [1.29, 1.82) is 5.26 Å². The third-order valence-corrected chi connectivity index (χ3v) is 2.60. The van der Waals surface area contributed by atoms with Crippen molar-refractivity contribution in [1.82, 2.24) is 9.78 Å². The molecule has 0 spiro atoms. The van der Waals surface area contributed by atoms with Crippen LogP contribution in [0.15, 0.2) is 35.5 Å². The molecule has 19 heavy (non-hydrogen) atoms. The number of hydrogen-bond donors (Lipinski definition) is 0. The van der Waals surface area contributed by atoms with E-state index in [-0.39, 0.29) is 0 Å². The molecule has 1 aromatic carbocycles. The lowest BCUT2D eigenvalue weighted by molar-refractivity contribution is 0.343. The average molecular weight is 275 g/mol. The van der Waals surface area contributed by atoms with E-state index in [1.54, 1.807) is 28.9 Å². The number of aromatic nitrogens is 2. The molecule has 96 valence electrons. The molecule has 0 aliphatic carbocycles. The van der Waals surface area contributed by atoms with Crippen LogP contribution in [0, 0.1) is 11.3 Å². The number of aliphatic imine (C=N–C) groups is 1. The summed E-state index contributed by atoms with van der Waals surface area (Å²) < 4.78 is 6.61. The third-order valence-electron chi connectivity index (χ3n) is 2.35. The quantitative estimate of drug-likeness (QED) is 0.636. The van der Waals surface area contributed by atoms with Crippen molar-refractivity contribution < 1.29 is 4.74 Å². The summed E-state index contributed by atoms with van der Waals surface area (Å²) in [6.07, 6.45) is 2.78. The fourth-order valence-corrected chi connectivity index (χ4v) is 1.60. The zero-order valence-corrected chi connectivity index (χ0v) is 11.0. The molecule has 0 amide bonds. The maximum absolute atomic E-state index is 9.04. The molecular formula is C13H11ClN4O. The average Bonchev–Trinajstić information content (AvgIpc) is 2.83. The van der Waals surface area contributed by atoms with Crippen molar-refractivity contribution in [2.24, 2.45) is 4.99 Å². The summed E-state index contributed by atoms with van der Waals surface area (Å²) in [4.78, 5) is 4.12. The van der Waals surface area contributed by atoms with Gasteiger partial charge in [0.1, 0.15) is 11.6 Å². The Morgan fingerprint density at radius 1 is 1.47 bits per heavy atom. The first kappa shape index (κ1) is 13.1. The molecule has 1 heterocycles. The Labute approximate surface area is 115 Å². The molecule has 0 bridgehead atoms. The van der Waals surface area contributed by atoms with E-state index in [0.29, 0.717) is 23.0 Å². The fraction of sp³-hybridized carbons (Fsp3) is 0.154. The first-order valence-electron chi connectivity index (χ1n) is 5.64. The summed E-state index contributed by atoms with van der Waals surface area (Å²) >= 11 is 5.84. The second-order valence-corrected chi connectivity index (χ2v) is 4.01. The summed E-state index contributed by atoms with van der Waals surface area (Å²) in [6.45, 7) is 2.37. The topological polar surface area (TPSA) is 63.2 Å². The van der Waals surface area contributed by atoms with Gasteiger partial charge in [-0.05, 0) is 31.2 Å². The number of ether oxygens (including phenoxy) is 1. The normalized spacial score (nSPS) is 10.6. The highest BCUT2D eigenvalue weighted by atomic mass is 35.5. The summed E-state index contributed by atoms with van der Waals surface area (Å²) in [5, 5.41) is 13.8. The molecular weight excluding hydrogens is 264 g/mol. The van der Waals surface area contributed by atoms with Crippen LogP contribution >= 0.6 is 11.6 Å². The van der Waals surface area contributed by atoms with Crippen LogP contribution < -0.4 is 0 Å². The summed E-state index contributed by atoms with van der Waals surface area (Å²) in [7, 11) is 0. The predicted octanol–water partition coefficient (Wildman–Crippen LogP) is 3.09.